The van der Waals surface area contributed by atoms with Crippen LogP contribution >= 0.6 is 0 Å². The van der Waals surface area contributed by atoms with Crippen LogP contribution in [0.3, 0.4) is 0 Å². The monoisotopic (exact) mass is 208 g/mol. The van der Waals surface area contributed by atoms with E-state index in [1.54, 1.807) is 6.92 Å². The number of aryl methyl sites for hydroxylation is 1. The van der Waals surface area contributed by atoms with Gasteiger partial charge in [0.25, 0.3) is 0 Å². The van der Waals surface area contributed by atoms with Gasteiger partial charge >= 0.3 is 5.97 Å². The van der Waals surface area contributed by atoms with Gasteiger partial charge in [-0.1, -0.05) is 0 Å². The summed E-state index contributed by atoms with van der Waals surface area (Å²) in [6, 6.07) is 1.26. The molecule has 0 saturated heterocycles. The summed E-state index contributed by atoms with van der Waals surface area (Å²) in [5.41, 5.74) is 1.43. The third kappa shape index (κ3) is 1.45. The van der Waals surface area contributed by atoms with Crippen LogP contribution in [0, 0.1) is 12.7 Å². The lowest BCUT2D eigenvalue weighted by molar-refractivity contribution is 0.0602. The van der Waals surface area contributed by atoms with Crippen molar-refractivity contribution in [2.24, 2.45) is 0 Å². The third-order valence-electron chi connectivity index (χ3n) is 2.19. The molecule has 0 amide bonds. The first kappa shape index (κ1) is 9.64. The molecule has 0 bridgehead atoms. The van der Waals surface area contributed by atoms with Gasteiger partial charge < -0.3 is 9.72 Å². The van der Waals surface area contributed by atoms with Gasteiger partial charge in [0, 0.05) is 11.1 Å². The van der Waals surface area contributed by atoms with Crippen molar-refractivity contribution in [1.82, 2.24) is 9.97 Å². The molecular formula is C10H9FN2O2. The van der Waals surface area contributed by atoms with E-state index in [0.717, 1.165) is 6.20 Å². The number of esters is 1. The summed E-state index contributed by atoms with van der Waals surface area (Å²) in [6.45, 7) is 1.71. The number of hydrogen-bond donors (Lipinski definition) is 1. The number of halogens is 1. The van der Waals surface area contributed by atoms with E-state index in [1.807, 2.05) is 0 Å². The molecule has 15 heavy (non-hydrogen) atoms. The van der Waals surface area contributed by atoms with Crippen molar-refractivity contribution in [2.75, 3.05) is 7.11 Å². The average molecular weight is 208 g/mol. The Hall–Kier alpha value is -1.91. The van der Waals surface area contributed by atoms with Gasteiger partial charge in [0.2, 0.25) is 0 Å². The molecule has 2 aromatic heterocycles. The highest BCUT2D eigenvalue weighted by Gasteiger charge is 2.17. The third-order valence-corrected chi connectivity index (χ3v) is 2.19. The maximum Gasteiger partial charge on any atom is 0.340 e. The van der Waals surface area contributed by atoms with Crippen LogP contribution in [-0.4, -0.2) is 23.0 Å². The molecule has 0 unspecified atom stereocenters. The molecule has 0 spiro atoms. The normalized spacial score (nSPS) is 10.6. The number of nitrogens with zero attached hydrogens (tertiary/aromatic N) is 1. The van der Waals surface area contributed by atoms with E-state index in [2.05, 4.69) is 14.7 Å². The second kappa shape index (κ2) is 3.34. The van der Waals surface area contributed by atoms with Gasteiger partial charge in [-0.15, -0.1) is 0 Å². The summed E-state index contributed by atoms with van der Waals surface area (Å²) in [7, 11) is 1.29. The predicted octanol–water partition coefficient (Wildman–Crippen LogP) is 1.80. The molecule has 0 aliphatic heterocycles. The van der Waals surface area contributed by atoms with Crippen molar-refractivity contribution >= 4 is 17.0 Å². The zero-order chi connectivity index (χ0) is 11.0. The molecule has 2 aromatic rings. The maximum absolute atomic E-state index is 13.0. The zero-order valence-electron chi connectivity index (χ0n) is 8.30. The number of fused-ring (bicyclic) bond motifs is 1. The largest absolute Gasteiger partial charge is 0.465 e. The number of methoxy groups -OCH3 is 1. The van der Waals surface area contributed by atoms with Crippen LogP contribution in [0.4, 0.5) is 4.39 Å². The molecule has 0 aliphatic carbocycles. The Bertz CT molecular complexity index is 533. The van der Waals surface area contributed by atoms with Crippen LogP contribution in [0.5, 0.6) is 0 Å². The van der Waals surface area contributed by atoms with Crippen LogP contribution in [-0.2, 0) is 4.74 Å². The number of nitrogens with one attached hydrogen (secondary N) is 1. The lowest BCUT2D eigenvalue weighted by Crippen LogP contribution is -2.02. The van der Waals surface area contributed by atoms with E-state index in [-0.39, 0.29) is 0 Å². The molecule has 0 atom stereocenters. The summed E-state index contributed by atoms with van der Waals surface area (Å²) in [5.74, 6) is -0.974. The van der Waals surface area contributed by atoms with Gasteiger partial charge in [-0.2, -0.15) is 0 Å². The van der Waals surface area contributed by atoms with Crippen LogP contribution in [0.15, 0.2) is 12.3 Å². The molecule has 4 nitrogen and oxygen atoms in total. The molecular weight excluding hydrogens is 199 g/mol. The molecule has 0 aliphatic rings. The summed E-state index contributed by atoms with van der Waals surface area (Å²) < 4.78 is 17.6. The predicted molar refractivity (Wildman–Crippen MR) is 52.1 cm³/mol. The number of carbonyl (C=O) groups excluding carboxylic acids is 1. The van der Waals surface area contributed by atoms with Crippen molar-refractivity contribution in [3.63, 3.8) is 0 Å². The summed E-state index contributed by atoms with van der Waals surface area (Å²) >= 11 is 0. The van der Waals surface area contributed by atoms with E-state index in [0.29, 0.717) is 22.3 Å². The van der Waals surface area contributed by atoms with Gasteiger partial charge in [0.05, 0.1) is 18.9 Å². The Kier molecular flexibility index (Phi) is 2.15. The molecule has 0 fully saturated rings. The van der Waals surface area contributed by atoms with Crippen LogP contribution in [0.2, 0.25) is 0 Å². The van der Waals surface area contributed by atoms with E-state index in [4.69, 9.17) is 0 Å². The number of aromatic nitrogens is 2. The van der Waals surface area contributed by atoms with E-state index >= 15 is 0 Å². The number of pyridine rings is 1. The van der Waals surface area contributed by atoms with Crippen LogP contribution < -0.4 is 0 Å². The Morgan fingerprint density at radius 2 is 2.33 bits per heavy atom. The van der Waals surface area contributed by atoms with Crippen molar-refractivity contribution in [3.8, 4) is 0 Å². The Morgan fingerprint density at radius 3 is 3.00 bits per heavy atom. The zero-order valence-corrected chi connectivity index (χ0v) is 8.30. The van der Waals surface area contributed by atoms with Gasteiger partial charge in [-0.3, -0.25) is 0 Å². The molecule has 0 radical (unpaired) electrons. The van der Waals surface area contributed by atoms with Crippen LogP contribution in [0.1, 0.15) is 16.1 Å². The first-order valence-corrected chi connectivity index (χ1v) is 4.35. The topological polar surface area (TPSA) is 55.0 Å². The molecule has 78 valence electrons. The molecule has 0 saturated carbocycles. The standard InChI is InChI=1S/C10H9FN2O2/c1-5-8(10(14)15-2)7-3-6(11)4-12-9(7)13-5/h3-4H,1-2H3,(H,12,13). The molecule has 1 N–H and O–H groups in total. The van der Waals surface area contributed by atoms with Gasteiger partial charge in [0.15, 0.2) is 0 Å². The fourth-order valence-electron chi connectivity index (χ4n) is 1.54. The highest BCUT2D eigenvalue weighted by atomic mass is 19.1. The Morgan fingerprint density at radius 1 is 1.60 bits per heavy atom. The van der Waals surface area contributed by atoms with E-state index in [1.165, 1.54) is 13.2 Å². The fourth-order valence-corrected chi connectivity index (χ4v) is 1.54. The number of rotatable bonds is 1. The van der Waals surface area contributed by atoms with Gasteiger partial charge in [0.1, 0.15) is 11.5 Å². The van der Waals surface area contributed by atoms with Gasteiger partial charge in [-0.25, -0.2) is 14.2 Å². The molecule has 5 heteroatoms. The lowest BCUT2D eigenvalue weighted by Gasteiger charge is -1.97. The first-order chi connectivity index (χ1) is 7.13. The van der Waals surface area contributed by atoms with Gasteiger partial charge in [-0.05, 0) is 13.0 Å². The minimum atomic E-state index is -0.494. The molecule has 2 heterocycles. The highest BCUT2D eigenvalue weighted by molar-refractivity contribution is 6.04. The number of H-pyrrole nitrogens is 1. The number of carbonyl (C=O) groups is 1. The highest BCUT2D eigenvalue weighted by Crippen LogP contribution is 2.21. The SMILES string of the molecule is COC(=O)c1c(C)[nH]c2ncc(F)cc12. The lowest BCUT2D eigenvalue weighted by atomic mass is 10.2. The van der Waals surface area contributed by atoms with Crippen molar-refractivity contribution < 1.29 is 13.9 Å². The van der Waals surface area contributed by atoms with E-state index < -0.39 is 11.8 Å². The first-order valence-electron chi connectivity index (χ1n) is 4.35. The summed E-state index contributed by atoms with van der Waals surface area (Å²) in [6.07, 6.45) is 1.10. The molecule has 2 rings (SSSR count). The number of aromatic amines is 1. The summed E-state index contributed by atoms with van der Waals surface area (Å²) in [5, 5.41) is 0.444. The second-order valence-corrected chi connectivity index (χ2v) is 3.17. The number of ether oxygens (including phenoxy) is 1. The van der Waals surface area contributed by atoms with Crippen LogP contribution in [0.25, 0.3) is 11.0 Å². The summed E-state index contributed by atoms with van der Waals surface area (Å²) in [4.78, 5) is 18.2. The van der Waals surface area contributed by atoms with Crippen molar-refractivity contribution in [3.05, 3.63) is 29.3 Å². The second-order valence-electron chi connectivity index (χ2n) is 3.17. The maximum atomic E-state index is 13.0. The van der Waals surface area contributed by atoms with Crippen molar-refractivity contribution in [2.45, 2.75) is 6.92 Å². The minimum absolute atomic E-state index is 0.333. The Labute approximate surface area is 85.1 Å². The molecule has 0 aromatic carbocycles. The van der Waals surface area contributed by atoms with E-state index in [9.17, 15) is 9.18 Å². The average Bonchev–Trinajstić information content (AvgIpc) is 2.52. The Balaban J connectivity index is 2.76. The minimum Gasteiger partial charge on any atom is -0.465 e. The fraction of sp³-hybridized carbons (Fsp3) is 0.200. The van der Waals surface area contributed by atoms with Crippen molar-refractivity contribution in [1.29, 1.82) is 0 Å². The smallest absolute Gasteiger partial charge is 0.340 e. The quantitative estimate of drug-likeness (QED) is 0.727. The number of hydrogen-bond acceptors (Lipinski definition) is 3.